The first-order chi connectivity index (χ1) is 15.2. The second kappa shape index (κ2) is 8.65. The predicted octanol–water partition coefficient (Wildman–Crippen LogP) is 6.13. The number of hydrogen-bond acceptors (Lipinski definition) is 5. The summed E-state index contributed by atoms with van der Waals surface area (Å²) in [5, 5.41) is 10.5. The molecule has 1 atom stereocenters. The van der Waals surface area contributed by atoms with Gasteiger partial charge in [0.2, 0.25) is 5.88 Å². The summed E-state index contributed by atoms with van der Waals surface area (Å²) >= 11 is 9.79. The molecule has 1 aliphatic carbocycles. The molecular weight excluding hydrogens is 492 g/mol. The predicted molar refractivity (Wildman–Crippen MR) is 126 cm³/mol. The van der Waals surface area contributed by atoms with Crippen LogP contribution in [0.4, 0.5) is 0 Å². The monoisotopic (exact) mass is 512 g/mol. The molecule has 0 fully saturated rings. The molecule has 4 rings (SSSR count). The Labute approximate surface area is 200 Å². The van der Waals surface area contributed by atoms with Crippen LogP contribution in [0.1, 0.15) is 43.7 Å². The van der Waals surface area contributed by atoms with Crippen molar-refractivity contribution in [3.05, 3.63) is 85.9 Å². The largest absolute Gasteiger partial charge is 0.489 e. The van der Waals surface area contributed by atoms with Gasteiger partial charge in [0.05, 0.1) is 5.92 Å². The second-order valence-corrected chi connectivity index (χ2v) is 10.1. The zero-order chi connectivity index (χ0) is 23.0. The van der Waals surface area contributed by atoms with E-state index in [2.05, 4.69) is 22.0 Å². The zero-order valence-corrected chi connectivity index (χ0v) is 20.1. The molecule has 164 valence electrons. The number of halogens is 2. The van der Waals surface area contributed by atoms with Crippen LogP contribution in [0.15, 0.2) is 69.7 Å². The summed E-state index contributed by atoms with van der Waals surface area (Å²) in [6.07, 6.45) is 0.932. The van der Waals surface area contributed by atoms with Crippen LogP contribution in [-0.4, -0.2) is 5.78 Å². The van der Waals surface area contributed by atoms with Gasteiger partial charge in [-0.3, -0.25) is 4.79 Å². The Hall–Kier alpha value is -2.75. The molecule has 1 aliphatic heterocycles. The molecule has 7 heteroatoms. The highest BCUT2D eigenvalue weighted by Gasteiger charge is 2.43. The number of rotatable bonds is 4. The number of nitrogens with zero attached hydrogens (tertiary/aromatic N) is 1. The van der Waals surface area contributed by atoms with E-state index >= 15 is 0 Å². The normalized spacial score (nSPS) is 19.8. The number of carbonyl (C=O) groups is 1. The zero-order valence-electron chi connectivity index (χ0n) is 17.7. The Morgan fingerprint density at radius 2 is 2.03 bits per heavy atom. The Morgan fingerprint density at radius 3 is 2.75 bits per heavy atom. The summed E-state index contributed by atoms with van der Waals surface area (Å²) in [7, 11) is 0. The number of nitrogens with two attached hydrogens (primary N) is 1. The molecule has 0 unspecified atom stereocenters. The fraction of sp³-hybridized carbons (Fsp3) is 0.280. The van der Waals surface area contributed by atoms with Crippen molar-refractivity contribution in [1.29, 1.82) is 5.26 Å². The van der Waals surface area contributed by atoms with E-state index in [1.807, 2.05) is 50.2 Å². The van der Waals surface area contributed by atoms with Crippen LogP contribution < -0.4 is 10.5 Å². The van der Waals surface area contributed by atoms with Crippen molar-refractivity contribution in [3.8, 4) is 11.8 Å². The van der Waals surface area contributed by atoms with Crippen molar-refractivity contribution in [3.63, 3.8) is 0 Å². The third-order valence-corrected chi connectivity index (χ3v) is 6.56. The average Bonchev–Trinajstić information content (AvgIpc) is 2.72. The van der Waals surface area contributed by atoms with Gasteiger partial charge in [0, 0.05) is 39.0 Å². The van der Waals surface area contributed by atoms with Gasteiger partial charge in [0.25, 0.3) is 0 Å². The molecule has 0 aromatic heterocycles. The quantitative estimate of drug-likeness (QED) is 0.531. The number of ether oxygens (including phenoxy) is 2. The van der Waals surface area contributed by atoms with Crippen LogP contribution >= 0.6 is 27.5 Å². The number of ketones is 1. The lowest BCUT2D eigenvalue weighted by Crippen LogP contribution is -2.33. The van der Waals surface area contributed by atoms with Crippen molar-refractivity contribution in [2.24, 2.45) is 11.1 Å². The van der Waals surface area contributed by atoms with Crippen LogP contribution in [-0.2, 0) is 16.1 Å². The van der Waals surface area contributed by atoms with E-state index in [1.165, 1.54) is 0 Å². The van der Waals surface area contributed by atoms with Crippen molar-refractivity contribution < 1.29 is 14.3 Å². The Bertz CT molecular complexity index is 1210. The fourth-order valence-electron chi connectivity index (χ4n) is 4.24. The van der Waals surface area contributed by atoms with E-state index in [0.29, 0.717) is 40.5 Å². The SMILES string of the molecule is CC1(C)CC(=O)C2=C(C1)OC(N)=C(C#N)[C@@H]2c1cc(Br)ccc1OCc1ccccc1Cl. The summed E-state index contributed by atoms with van der Waals surface area (Å²) in [5.74, 6) is 0.401. The molecule has 0 amide bonds. The highest BCUT2D eigenvalue weighted by molar-refractivity contribution is 9.10. The highest BCUT2D eigenvalue weighted by atomic mass is 79.9. The molecule has 0 bridgehead atoms. The molecule has 5 nitrogen and oxygen atoms in total. The summed E-state index contributed by atoms with van der Waals surface area (Å²) < 4.78 is 12.7. The summed E-state index contributed by atoms with van der Waals surface area (Å²) in [6.45, 7) is 4.28. The smallest absolute Gasteiger partial charge is 0.205 e. The minimum Gasteiger partial charge on any atom is -0.489 e. The van der Waals surface area contributed by atoms with Crippen molar-refractivity contribution in [2.45, 2.75) is 39.2 Å². The number of carbonyl (C=O) groups excluding carboxylic acids is 1. The third kappa shape index (κ3) is 4.28. The van der Waals surface area contributed by atoms with Crippen LogP contribution in [0.5, 0.6) is 5.75 Å². The number of benzene rings is 2. The Balaban J connectivity index is 1.81. The van der Waals surface area contributed by atoms with Gasteiger partial charge in [-0.25, -0.2) is 0 Å². The molecule has 2 aromatic carbocycles. The van der Waals surface area contributed by atoms with E-state index in [0.717, 1.165) is 10.0 Å². The lowest BCUT2D eigenvalue weighted by atomic mass is 9.70. The molecule has 0 saturated carbocycles. The van der Waals surface area contributed by atoms with Gasteiger partial charge < -0.3 is 15.2 Å². The third-order valence-electron chi connectivity index (χ3n) is 5.70. The van der Waals surface area contributed by atoms with Crippen LogP contribution in [0.3, 0.4) is 0 Å². The molecule has 0 spiro atoms. The maximum absolute atomic E-state index is 13.2. The van der Waals surface area contributed by atoms with Crippen molar-refractivity contribution in [2.75, 3.05) is 0 Å². The van der Waals surface area contributed by atoms with Crippen molar-refractivity contribution in [1.82, 2.24) is 0 Å². The Morgan fingerprint density at radius 1 is 1.28 bits per heavy atom. The average molecular weight is 514 g/mol. The van der Waals surface area contributed by atoms with Crippen LogP contribution in [0, 0.1) is 16.7 Å². The van der Waals surface area contributed by atoms with E-state index < -0.39 is 5.92 Å². The topological polar surface area (TPSA) is 85.3 Å². The molecule has 2 aliphatic rings. The first-order valence-electron chi connectivity index (χ1n) is 10.2. The lowest BCUT2D eigenvalue weighted by molar-refractivity contribution is -0.119. The standard InChI is InChI=1S/C25H22BrClN2O3/c1-25(2)10-19(30)23-21(11-25)32-24(29)17(12-28)22(23)16-9-15(26)7-8-20(16)31-13-14-5-3-4-6-18(14)27/h3-9,22H,10-11,13,29H2,1-2H3/t22-/m0/s1. The number of allylic oxidation sites excluding steroid dienone is 3. The number of nitriles is 1. The molecule has 2 N–H and O–H groups in total. The molecule has 1 heterocycles. The number of Topliss-reactive ketones (excluding diaryl/α,β-unsaturated/α-hetero) is 1. The fourth-order valence-corrected chi connectivity index (χ4v) is 4.81. The van der Waals surface area contributed by atoms with E-state index in [-0.39, 0.29) is 29.3 Å². The van der Waals surface area contributed by atoms with Gasteiger partial charge in [-0.05, 0) is 29.7 Å². The molecule has 2 aromatic rings. The van der Waals surface area contributed by atoms with Crippen molar-refractivity contribution >= 4 is 33.3 Å². The summed E-state index contributed by atoms with van der Waals surface area (Å²) in [6, 6.07) is 15.1. The van der Waals surface area contributed by atoms with Gasteiger partial charge in [0.15, 0.2) is 5.78 Å². The first-order valence-corrected chi connectivity index (χ1v) is 11.4. The maximum Gasteiger partial charge on any atom is 0.205 e. The van der Waals surface area contributed by atoms with E-state index in [1.54, 1.807) is 6.07 Å². The molecule has 0 saturated heterocycles. The van der Waals surface area contributed by atoms with E-state index in [9.17, 15) is 10.1 Å². The Kier molecular flexibility index (Phi) is 6.07. The molecule has 32 heavy (non-hydrogen) atoms. The van der Waals surface area contributed by atoms with Gasteiger partial charge in [0.1, 0.15) is 29.8 Å². The second-order valence-electron chi connectivity index (χ2n) is 8.76. The van der Waals surface area contributed by atoms with Gasteiger partial charge in [-0.15, -0.1) is 0 Å². The molecule has 0 radical (unpaired) electrons. The van der Waals surface area contributed by atoms with Gasteiger partial charge >= 0.3 is 0 Å². The summed E-state index contributed by atoms with van der Waals surface area (Å²) in [5.41, 5.74) is 8.10. The minimum atomic E-state index is -0.661. The van der Waals surface area contributed by atoms with Gasteiger partial charge in [-0.1, -0.05) is 59.6 Å². The molecular formula is C25H22BrClN2O3. The highest BCUT2D eigenvalue weighted by Crippen LogP contribution is 2.50. The van der Waals surface area contributed by atoms with Gasteiger partial charge in [-0.2, -0.15) is 5.26 Å². The van der Waals surface area contributed by atoms with Crippen LogP contribution in [0.2, 0.25) is 5.02 Å². The number of hydrogen-bond donors (Lipinski definition) is 1. The van der Waals surface area contributed by atoms with E-state index in [4.69, 9.17) is 26.8 Å². The lowest BCUT2D eigenvalue weighted by Gasteiger charge is -2.37. The van der Waals surface area contributed by atoms with Crippen LogP contribution in [0.25, 0.3) is 0 Å². The maximum atomic E-state index is 13.2. The minimum absolute atomic E-state index is 0.0266. The summed E-state index contributed by atoms with van der Waals surface area (Å²) in [4.78, 5) is 13.2. The first kappa shape index (κ1) is 22.4.